The van der Waals surface area contributed by atoms with E-state index < -0.39 is 0 Å². The van der Waals surface area contributed by atoms with Gasteiger partial charge >= 0.3 is 5.97 Å². The number of carbonyl (C=O) groups is 2. The summed E-state index contributed by atoms with van der Waals surface area (Å²) in [5.74, 6) is -0.293. The zero-order valence-corrected chi connectivity index (χ0v) is 16.6. The topological polar surface area (TPSA) is 93.1 Å². The van der Waals surface area contributed by atoms with Crippen LogP contribution in [0.5, 0.6) is 0 Å². The standard InChI is InChI=1S/C19H27N5O3/c1-6-27-19(26)15-8-14(15)9-24(18(25)17-7-11(2)20-21-17)10-16-12(3)22-23(5)13(16)4/h7,14-15H,6,8-10H2,1-5H3,(H,20,21)/t14-,15-/m0/s1. The van der Waals surface area contributed by atoms with E-state index in [-0.39, 0.29) is 23.7 Å². The highest BCUT2D eigenvalue weighted by atomic mass is 16.5. The van der Waals surface area contributed by atoms with Crippen molar-refractivity contribution < 1.29 is 14.3 Å². The third-order valence-corrected chi connectivity index (χ3v) is 5.19. The van der Waals surface area contributed by atoms with Crippen LogP contribution < -0.4 is 0 Å². The van der Waals surface area contributed by atoms with E-state index in [1.807, 2.05) is 32.5 Å². The summed E-state index contributed by atoms with van der Waals surface area (Å²) in [7, 11) is 1.90. The number of aryl methyl sites for hydroxylation is 3. The van der Waals surface area contributed by atoms with Gasteiger partial charge in [-0.25, -0.2) is 0 Å². The number of H-pyrrole nitrogens is 1. The van der Waals surface area contributed by atoms with Crippen LogP contribution in [0.3, 0.4) is 0 Å². The van der Waals surface area contributed by atoms with Crippen LogP contribution in [0.1, 0.15) is 46.5 Å². The minimum atomic E-state index is -0.167. The number of rotatable bonds is 7. The summed E-state index contributed by atoms with van der Waals surface area (Å²) < 4.78 is 6.94. The number of hydrogen-bond acceptors (Lipinski definition) is 5. The number of aromatic nitrogens is 4. The van der Waals surface area contributed by atoms with Gasteiger partial charge in [0.2, 0.25) is 0 Å². The first-order valence-electron chi connectivity index (χ1n) is 9.28. The third kappa shape index (κ3) is 4.04. The molecule has 8 heteroatoms. The van der Waals surface area contributed by atoms with Crippen LogP contribution >= 0.6 is 0 Å². The lowest BCUT2D eigenvalue weighted by atomic mass is 10.1. The quantitative estimate of drug-likeness (QED) is 0.749. The number of nitrogens with one attached hydrogen (secondary N) is 1. The number of nitrogens with zero attached hydrogens (tertiary/aromatic N) is 4. The van der Waals surface area contributed by atoms with Crippen molar-refractivity contribution in [1.29, 1.82) is 0 Å². The minimum absolute atomic E-state index is 0.114. The van der Waals surface area contributed by atoms with E-state index in [9.17, 15) is 9.59 Å². The fraction of sp³-hybridized carbons (Fsp3) is 0.579. The van der Waals surface area contributed by atoms with E-state index in [1.165, 1.54) is 0 Å². The predicted octanol–water partition coefficient (Wildman–Crippen LogP) is 1.91. The van der Waals surface area contributed by atoms with Crippen LogP contribution in [0.2, 0.25) is 0 Å². The van der Waals surface area contributed by atoms with E-state index >= 15 is 0 Å². The number of ether oxygens (including phenoxy) is 1. The molecule has 2 aromatic heterocycles. The molecule has 1 fully saturated rings. The van der Waals surface area contributed by atoms with Crippen molar-refractivity contribution in [3.8, 4) is 0 Å². The predicted molar refractivity (Wildman–Crippen MR) is 99.0 cm³/mol. The summed E-state index contributed by atoms with van der Waals surface area (Å²) in [5, 5.41) is 11.4. The zero-order valence-electron chi connectivity index (χ0n) is 16.6. The second-order valence-corrected chi connectivity index (χ2v) is 7.25. The molecule has 0 spiro atoms. The summed E-state index contributed by atoms with van der Waals surface area (Å²) in [6.07, 6.45) is 0.757. The van der Waals surface area contributed by atoms with Gasteiger partial charge in [-0.2, -0.15) is 10.2 Å². The van der Waals surface area contributed by atoms with Gasteiger partial charge in [0.25, 0.3) is 5.91 Å². The number of esters is 1. The maximum absolute atomic E-state index is 13.1. The van der Waals surface area contributed by atoms with Gasteiger partial charge < -0.3 is 9.64 Å². The lowest BCUT2D eigenvalue weighted by Crippen LogP contribution is -2.33. The van der Waals surface area contributed by atoms with E-state index in [2.05, 4.69) is 15.3 Å². The van der Waals surface area contributed by atoms with Crippen LogP contribution in [-0.4, -0.2) is 49.9 Å². The van der Waals surface area contributed by atoms with E-state index in [1.54, 1.807) is 17.9 Å². The molecule has 1 N–H and O–H groups in total. The lowest BCUT2D eigenvalue weighted by Gasteiger charge is -2.22. The van der Waals surface area contributed by atoms with E-state index in [0.717, 1.165) is 29.1 Å². The highest BCUT2D eigenvalue weighted by molar-refractivity contribution is 5.92. The molecule has 0 aliphatic heterocycles. The van der Waals surface area contributed by atoms with Gasteiger partial charge in [-0.05, 0) is 46.1 Å². The summed E-state index contributed by atoms with van der Waals surface area (Å²) in [5.41, 5.74) is 4.19. The molecule has 1 aliphatic carbocycles. The Morgan fingerprint density at radius 3 is 2.67 bits per heavy atom. The van der Waals surface area contributed by atoms with Crippen LogP contribution in [-0.2, 0) is 23.1 Å². The van der Waals surface area contributed by atoms with Crippen LogP contribution in [0, 0.1) is 32.6 Å². The maximum Gasteiger partial charge on any atom is 0.309 e. The first kappa shape index (κ1) is 19.1. The fourth-order valence-electron chi connectivity index (χ4n) is 3.42. The first-order chi connectivity index (χ1) is 12.8. The van der Waals surface area contributed by atoms with Crippen molar-refractivity contribution in [3.63, 3.8) is 0 Å². The first-order valence-corrected chi connectivity index (χ1v) is 9.28. The Morgan fingerprint density at radius 1 is 1.37 bits per heavy atom. The Hall–Kier alpha value is -2.64. The average molecular weight is 373 g/mol. The zero-order chi connectivity index (χ0) is 19.7. The highest BCUT2D eigenvalue weighted by Crippen LogP contribution is 2.40. The molecule has 2 aromatic rings. The molecule has 8 nitrogen and oxygen atoms in total. The molecule has 0 bridgehead atoms. The molecule has 27 heavy (non-hydrogen) atoms. The molecular formula is C19H27N5O3. The van der Waals surface area contributed by atoms with Gasteiger partial charge in [-0.1, -0.05) is 0 Å². The van der Waals surface area contributed by atoms with Crippen molar-refractivity contribution in [1.82, 2.24) is 24.9 Å². The molecule has 1 aliphatic rings. The van der Waals surface area contributed by atoms with Gasteiger partial charge in [0.15, 0.2) is 0 Å². The lowest BCUT2D eigenvalue weighted by molar-refractivity contribution is -0.145. The van der Waals surface area contributed by atoms with E-state index in [0.29, 0.717) is 25.4 Å². The Bertz CT molecular complexity index is 854. The summed E-state index contributed by atoms with van der Waals surface area (Å²) in [6.45, 7) is 8.94. The number of aromatic amines is 1. The van der Waals surface area contributed by atoms with Gasteiger partial charge in [0, 0.05) is 37.1 Å². The average Bonchev–Trinajstić information content (AvgIpc) is 3.19. The summed E-state index contributed by atoms with van der Waals surface area (Å²) in [6, 6.07) is 1.74. The van der Waals surface area contributed by atoms with Crippen LogP contribution in [0.4, 0.5) is 0 Å². The van der Waals surface area contributed by atoms with E-state index in [4.69, 9.17) is 4.74 Å². The number of amides is 1. The molecule has 0 unspecified atom stereocenters. The normalized spacial score (nSPS) is 18.4. The molecule has 0 radical (unpaired) electrons. The van der Waals surface area contributed by atoms with Gasteiger partial charge in [0.1, 0.15) is 5.69 Å². The Morgan fingerprint density at radius 2 is 2.11 bits per heavy atom. The largest absolute Gasteiger partial charge is 0.466 e. The van der Waals surface area contributed by atoms with Crippen molar-refractivity contribution in [3.05, 3.63) is 34.4 Å². The molecule has 1 amide bonds. The fourth-order valence-corrected chi connectivity index (χ4v) is 3.42. The Labute approximate surface area is 158 Å². The molecule has 0 saturated heterocycles. The van der Waals surface area contributed by atoms with Crippen LogP contribution in [0.25, 0.3) is 0 Å². The molecule has 0 aromatic carbocycles. The smallest absolute Gasteiger partial charge is 0.309 e. The second kappa shape index (κ2) is 7.54. The van der Waals surface area contributed by atoms with Crippen molar-refractivity contribution >= 4 is 11.9 Å². The van der Waals surface area contributed by atoms with Crippen LogP contribution in [0.15, 0.2) is 6.07 Å². The monoisotopic (exact) mass is 373 g/mol. The Balaban J connectivity index is 1.79. The molecule has 2 atom stereocenters. The maximum atomic E-state index is 13.1. The van der Waals surface area contributed by atoms with Crippen molar-refractivity contribution in [2.24, 2.45) is 18.9 Å². The summed E-state index contributed by atoms with van der Waals surface area (Å²) >= 11 is 0. The summed E-state index contributed by atoms with van der Waals surface area (Å²) in [4.78, 5) is 26.8. The van der Waals surface area contributed by atoms with Gasteiger partial charge in [0.05, 0.1) is 18.2 Å². The molecule has 3 rings (SSSR count). The van der Waals surface area contributed by atoms with Gasteiger partial charge in [-0.15, -0.1) is 0 Å². The second-order valence-electron chi connectivity index (χ2n) is 7.25. The molecule has 1 saturated carbocycles. The van der Waals surface area contributed by atoms with Crippen molar-refractivity contribution in [2.75, 3.05) is 13.2 Å². The molecule has 2 heterocycles. The minimum Gasteiger partial charge on any atom is -0.466 e. The van der Waals surface area contributed by atoms with Crippen molar-refractivity contribution in [2.45, 2.75) is 40.7 Å². The highest BCUT2D eigenvalue weighted by Gasteiger charge is 2.45. The third-order valence-electron chi connectivity index (χ3n) is 5.19. The Kier molecular flexibility index (Phi) is 5.34. The molecule has 146 valence electrons. The number of carbonyl (C=O) groups excluding carboxylic acids is 2. The molecular weight excluding hydrogens is 346 g/mol. The van der Waals surface area contributed by atoms with Gasteiger partial charge in [-0.3, -0.25) is 19.4 Å². The SMILES string of the molecule is CCOC(=O)[C@H]1C[C@H]1CN(Cc1c(C)nn(C)c1C)C(=O)c1cc(C)[nH]n1. The number of hydrogen-bond donors (Lipinski definition) is 1.